The molecular weight excluding hydrogens is 190 g/mol. The molecule has 1 aromatic carbocycles. The molecule has 2 rings (SSSR count). The number of carboxylic acids is 1. The predicted octanol–water partition coefficient (Wildman–Crippen LogP) is 1.22. The van der Waals surface area contributed by atoms with Crippen molar-refractivity contribution in [2.45, 2.75) is 31.8 Å². The zero-order valence-electron chi connectivity index (χ0n) is 8.73. The SMILES string of the molecule is C[C@H](NC1Cc2ccccc2C1)C(=O)O. The second-order valence-corrected chi connectivity index (χ2v) is 4.10. The lowest BCUT2D eigenvalue weighted by Crippen LogP contribution is -2.41. The van der Waals surface area contributed by atoms with Gasteiger partial charge in [-0.05, 0) is 30.9 Å². The fraction of sp³-hybridized carbons (Fsp3) is 0.417. The summed E-state index contributed by atoms with van der Waals surface area (Å²) in [6, 6.07) is 8.09. The first kappa shape index (κ1) is 10.2. The number of rotatable bonds is 3. The maximum Gasteiger partial charge on any atom is 0.320 e. The van der Waals surface area contributed by atoms with Crippen molar-refractivity contribution in [3.05, 3.63) is 35.4 Å². The van der Waals surface area contributed by atoms with Crippen molar-refractivity contribution in [1.82, 2.24) is 5.32 Å². The summed E-state index contributed by atoms with van der Waals surface area (Å²) in [7, 11) is 0. The van der Waals surface area contributed by atoms with Crippen LogP contribution in [0.4, 0.5) is 0 Å². The summed E-state index contributed by atoms with van der Waals surface area (Å²) >= 11 is 0. The Morgan fingerprint density at radius 3 is 2.40 bits per heavy atom. The minimum absolute atomic E-state index is 0.272. The van der Waals surface area contributed by atoms with Crippen LogP contribution < -0.4 is 5.32 Å². The number of nitrogens with one attached hydrogen (secondary N) is 1. The Morgan fingerprint density at radius 2 is 1.93 bits per heavy atom. The first-order chi connectivity index (χ1) is 7.16. The summed E-state index contributed by atoms with van der Waals surface area (Å²) in [5.74, 6) is -0.786. The molecule has 1 aliphatic carbocycles. The van der Waals surface area contributed by atoms with Crippen LogP contribution in [-0.4, -0.2) is 23.2 Å². The van der Waals surface area contributed by atoms with Gasteiger partial charge in [-0.15, -0.1) is 0 Å². The average molecular weight is 205 g/mol. The predicted molar refractivity (Wildman–Crippen MR) is 57.9 cm³/mol. The van der Waals surface area contributed by atoms with Crippen molar-refractivity contribution in [2.24, 2.45) is 0 Å². The molecule has 0 saturated carbocycles. The smallest absolute Gasteiger partial charge is 0.320 e. The van der Waals surface area contributed by atoms with Crippen LogP contribution in [0, 0.1) is 0 Å². The van der Waals surface area contributed by atoms with Crippen molar-refractivity contribution in [3.63, 3.8) is 0 Å². The molecule has 1 atom stereocenters. The number of hydrogen-bond donors (Lipinski definition) is 2. The van der Waals surface area contributed by atoms with Gasteiger partial charge in [0.15, 0.2) is 0 Å². The summed E-state index contributed by atoms with van der Waals surface area (Å²) in [5.41, 5.74) is 2.68. The molecule has 0 bridgehead atoms. The van der Waals surface area contributed by atoms with E-state index < -0.39 is 12.0 Å². The van der Waals surface area contributed by atoms with Gasteiger partial charge in [-0.1, -0.05) is 24.3 Å². The van der Waals surface area contributed by atoms with E-state index in [1.165, 1.54) is 11.1 Å². The van der Waals surface area contributed by atoms with E-state index >= 15 is 0 Å². The van der Waals surface area contributed by atoms with E-state index in [-0.39, 0.29) is 6.04 Å². The zero-order chi connectivity index (χ0) is 10.8. The zero-order valence-corrected chi connectivity index (χ0v) is 8.73. The molecule has 0 spiro atoms. The number of fused-ring (bicyclic) bond motifs is 1. The molecular formula is C12H15NO2. The lowest BCUT2D eigenvalue weighted by atomic mass is 10.1. The molecule has 3 nitrogen and oxygen atoms in total. The maximum atomic E-state index is 10.7. The summed E-state index contributed by atoms with van der Waals surface area (Å²) in [4.78, 5) is 10.7. The van der Waals surface area contributed by atoms with E-state index in [1.807, 2.05) is 12.1 Å². The van der Waals surface area contributed by atoms with Gasteiger partial charge in [-0.2, -0.15) is 0 Å². The van der Waals surface area contributed by atoms with Gasteiger partial charge in [0.1, 0.15) is 6.04 Å². The van der Waals surface area contributed by atoms with Crippen LogP contribution in [0.3, 0.4) is 0 Å². The molecule has 0 fully saturated rings. The highest BCUT2D eigenvalue weighted by atomic mass is 16.4. The van der Waals surface area contributed by atoms with Crippen molar-refractivity contribution < 1.29 is 9.90 Å². The Kier molecular flexibility index (Phi) is 2.73. The van der Waals surface area contributed by atoms with Crippen LogP contribution in [0.15, 0.2) is 24.3 Å². The van der Waals surface area contributed by atoms with Crippen LogP contribution in [0.1, 0.15) is 18.1 Å². The third-order valence-corrected chi connectivity index (χ3v) is 2.91. The van der Waals surface area contributed by atoms with E-state index in [2.05, 4.69) is 17.4 Å². The van der Waals surface area contributed by atoms with Gasteiger partial charge in [0.05, 0.1) is 0 Å². The van der Waals surface area contributed by atoms with E-state index in [0.717, 1.165) is 12.8 Å². The molecule has 1 aliphatic rings. The lowest BCUT2D eigenvalue weighted by molar-refractivity contribution is -0.139. The molecule has 0 amide bonds. The second kappa shape index (κ2) is 4.03. The Hall–Kier alpha value is -1.35. The Balaban J connectivity index is 1.99. The van der Waals surface area contributed by atoms with E-state index in [1.54, 1.807) is 6.92 Å². The van der Waals surface area contributed by atoms with Crippen molar-refractivity contribution >= 4 is 5.97 Å². The van der Waals surface area contributed by atoms with Gasteiger partial charge in [-0.25, -0.2) is 0 Å². The van der Waals surface area contributed by atoms with Crippen LogP contribution in [0.5, 0.6) is 0 Å². The molecule has 15 heavy (non-hydrogen) atoms. The van der Waals surface area contributed by atoms with Crippen LogP contribution >= 0.6 is 0 Å². The molecule has 3 heteroatoms. The Labute approximate surface area is 89.1 Å². The third kappa shape index (κ3) is 2.18. The van der Waals surface area contributed by atoms with Crippen LogP contribution in [0.25, 0.3) is 0 Å². The van der Waals surface area contributed by atoms with Gasteiger partial charge in [0.2, 0.25) is 0 Å². The third-order valence-electron chi connectivity index (χ3n) is 2.91. The summed E-state index contributed by atoms with van der Waals surface area (Å²) in [6.07, 6.45) is 1.88. The molecule has 0 unspecified atom stereocenters. The van der Waals surface area contributed by atoms with Crippen molar-refractivity contribution in [1.29, 1.82) is 0 Å². The fourth-order valence-corrected chi connectivity index (χ4v) is 2.10. The summed E-state index contributed by atoms with van der Waals surface area (Å²) in [6.45, 7) is 1.69. The normalized spacial score (nSPS) is 17.4. The molecule has 0 aromatic heterocycles. The topological polar surface area (TPSA) is 49.3 Å². The fourth-order valence-electron chi connectivity index (χ4n) is 2.10. The van der Waals surface area contributed by atoms with E-state index in [9.17, 15) is 4.79 Å². The molecule has 80 valence electrons. The van der Waals surface area contributed by atoms with Gasteiger partial charge in [0, 0.05) is 6.04 Å². The molecule has 0 radical (unpaired) electrons. The highest BCUT2D eigenvalue weighted by molar-refractivity contribution is 5.72. The van der Waals surface area contributed by atoms with E-state index in [0.29, 0.717) is 0 Å². The summed E-state index contributed by atoms with van der Waals surface area (Å²) < 4.78 is 0. The number of carbonyl (C=O) groups is 1. The Morgan fingerprint density at radius 1 is 1.40 bits per heavy atom. The minimum Gasteiger partial charge on any atom is -0.480 e. The minimum atomic E-state index is -0.786. The van der Waals surface area contributed by atoms with Gasteiger partial charge < -0.3 is 10.4 Å². The Bertz CT molecular complexity index is 351. The molecule has 0 saturated heterocycles. The second-order valence-electron chi connectivity index (χ2n) is 4.10. The van der Waals surface area contributed by atoms with Gasteiger partial charge in [-0.3, -0.25) is 4.79 Å². The van der Waals surface area contributed by atoms with Crippen molar-refractivity contribution in [2.75, 3.05) is 0 Å². The first-order valence-corrected chi connectivity index (χ1v) is 5.22. The summed E-state index contributed by atoms with van der Waals surface area (Å²) in [5, 5.41) is 11.9. The molecule has 1 aromatic rings. The maximum absolute atomic E-state index is 10.7. The van der Waals surface area contributed by atoms with Crippen molar-refractivity contribution in [3.8, 4) is 0 Å². The van der Waals surface area contributed by atoms with E-state index in [4.69, 9.17) is 5.11 Å². The number of benzene rings is 1. The molecule has 2 N–H and O–H groups in total. The average Bonchev–Trinajstić information content (AvgIpc) is 2.59. The standard InChI is InChI=1S/C12H15NO2/c1-8(12(14)15)13-11-6-9-4-2-3-5-10(9)7-11/h2-5,8,11,13H,6-7H2,1H3,(H,14,15)/t8-/m0/s1. The van der Waals surface area contributed by atoms with Crippen LogP contribution in [0.2, 0.25) is 0 Å². The monoisotopic (exact) mass is 205 g/mol. The lowest BCUT2D eigenvalue weighted by Gasteiger charge is -2.15. The molecule has 0 heterocycles. The first-order valence-electron chi connectivity index (χ1n) is 5.22. The number of hydrogen-bond acceptors (Lipinski definition) is 2. The highest BCUT2D eigenvalue weighted by Gasteiger charge is 2.23. The van der Waals surface area contributed by atoms with Gasteiger partial charge >= 0.3 is 5.97 Å². The quantitative estimate of drug-likeness (QED) is 0.780. The number of aliphatic carboxylic acids is 1. The molecule has 0 aliphatic heterocycles. The number of carboxylic acid groups (broad SMARTS) is 1. The largest absolute Gasteiger partial charge is 0.480 e. The highest BCUT2D eigenvalue weighted by Crippen LogP contribution is 2.21. The van der Waals surface area contributed by atoms with Crippen LogP contribution in [-0.2, 0) is 17.6 Å². The van der Waals surface area contributed by atoms with Gasteiger partial charge in [0.25, 0.3) is 0 Å².